The van der Waals surface area contributed by atoms with Crippen LogP contribution in [0.3, 0.4) is 0 Å². The van der Waals surface area contributed by atoms with Gasteiger partial charge in [0.25, 0.3) is 5.91 Å². The molecule has 0 atom stereocenters. The van der Waals surface area contributed by atoms with Crippen LogP contribution in [0.25, 0.3) is 22.3 Å². The number of hydrogen-bond donors (Lipinski definition) is 1. The molecule has 2 aromatic heterocycles. The number of benzene rings is 2. The minimum absolute atomic E-state index is 0.0984. The first kappa shape index (κ1) is 18.6. The normalized spacial score (nSPS) is 10.9. The number of nitrogens with one attached hydrogen (secondary N) is 1. The third-order valence-corrected chi connectivity index (χ3v) is 4.52. The highest BCUT2D eigenvalue weighted by Gasteiger charge is 2.11. The average molecular weight is 385 g/mol. The van der Waals surface area contributed by atoms with E-state index in [1.807, 2.05) is 39.0 Å². The highest BCUT2D eigenvalue weighted by atomic mass is 16.3. The smallest absolute Gasteiger partial charge is 0.258 e. The van der Waals surface area contributed by atoms with Crippen LogP contribution in [0.2, 0.25) is 0 Å². The fourth-order valence-electron chi connectivity index (χ4n) is 3.15. The molecule has 0 bridgehead atoms. The first-order valence-electron chi connectivity index (χ1n) is 9.18. The number of anilines is 1. The molecule has 0 saturated heterocycles. The van der Waals surface area contributed by atoms with Gasteiger partial charge in [0.1, 0.15) is 11.3 Å². The Morgan fingerprint density at radius 2 is 1.59 bits per heavy atom. The Labute approximate surface area is 167 Å². The summed E-state index contributed by atoms with van der Waals surface area (Å²) in [5.41, 5.74) is 4.17. The molecule has 0 spiro atoms. The lowest BCUT2D eigenvalue weighted by Crippen LogP contribution is -2.14. The van der Waals surface area contributed by atoms with Crippen molar-refractivity contribution in [3.8, 4) is 11.3 Å². The minimum Gasteiger partial charge on any atom is -0.456 e. The molecule has 0 unspecified atom stereocenters. The van der Waals surface area contributed by atoms with Gasteiger partial charge in [-0.1, -0.05) is 23.8 Å². The van der Waals surface area contributed by atoms with Crippen LogP contribution in [0.5, 0.6) is 0 Å². The van der Waals surface area contributed by atoms with Crippen molar-refractivity contribution in [1.82, 2.24) is 9.97 Å². The second-order valence-corrected chi connectivity index (χ2v) is 6.98. The van der Waals surface area contributed by atoms with Crippen LogP contribution >= 0.6 is 0 Å². The van der Waals surface area contributed by atoms with E-state index in [9.17, 15) is 9.59 Å². The molecule has 0 aliphatic rings. The van der Waals surface area contributed by atoms with Gasteiger partial charge >= 0.3 is 0 Å². The number of carbonyl (C=O) groups is 1. The number of rotatable bonds is 3. The zero-order valence-electron chi connectivity index (χ0n) is 16.3. The van der Waals surface area contributed by atoms with Gasteiger partial charge in [-0.2, -0.15) is 0 Å². The van der Waals surface area contributed by atoms with Gasteiger partial charge in [-0.05, 0) is 51.1 Å². The predicted octanol–water partition coefficient (Wildman–Crippen LogP) is 4.43. The molecule has 6 heteroatoms. The molecule has 0 aliphatic heterocycles. The van der Waals surface area contributed by atoms with Crippen LogP contribution in [0.4, 0.5) is 5.95 Å². The van der Waals surface area contributed by atoms with Crippen molar-refractivity contribution in [3.05, 3.63) is 87.3 Å². The summed E-state index contributed by atoms with van der Waals surface area (Å²) in [4.78, 5) is 33.3. The second kappa shape index (κ2) is 7.31. The largest absolute Gasteiger partial charge is 0.456 e. The number of nitrogens with zero attached hydrogens (tertiary/aromatic N) is 2. The Bertz CT molecular complexity index is 1270. The fraction of sp³-hybridized carbons (Fsp3) is 0.130. The van der Waals surface area contributed by atoms with Crippen LogP contribution in [0.15, 0.2) is 63.8 Å². The van der Waals surface area contributed by atoms with Crippen molar-refractivity contribution in [3.63, 3.8) is 0 Å². The van der Waals surface area contributed by atoms with Crippen LogP contribution in [0, 0.1) is 20.8 Å². The van der Waals surface area contributed by atoms with Crippen molar-refractivity contribution in [1.29, 1.82) is 0 Å². The lowest BCUT2D eigenvalue weighted by atomic mass is 10.1. The van der Waals surface area contributed by atoms with Crippen molar-refractivity contribution in [2.75, 3.05) is 5.32 Å². The van der Waals surface area contributed by atoms with E-state index in [4.69, 9.17) is 4.42 Å². The third-order valence-electron chi connectivity index (χ3n) is 4.52. The summed E-state index contributed by atoms with van der Waals surface area (Å²) in [5, 5.41) is 3.26. The Balaban J connectivity index is 1.60. The molecule has 0 aliphatic carbocycles. The molecule has 6 nitrogen and oxygen atoms in total. The maximum Gasteiger partial charge on any atom is 0.258 e. The van der Waals surface area contributed by atoms with E-state index in [0.29, 0.717) is 27.9 Å². The van der Waals surface area contributed by atoms with E-state index in [1.54, 1.807) is 30.3 Å². The topological polar surface area (TPSA) is 85.1 Å². The van der Waals surface area contributed by atoms with Crippen LogP contribution in [-0.2, 0) is 0 Å². The molecule has 0 radical (unpaired) electrons. The number of aryl methyl sites for hydroxylation is 3. The molecule has 0 saturated carbocycles. The Morgan fingerprint density at radius 3 is 2.28 bits per heavy atom. The van der Waals surface area contributed by atoms with E-state index >= 15 is 0 Å². The highest BCUT2D eigenvalue weighted by molar-refractivity contribution is 6.03. The molecule has 29 heavy (non-hydrogen) atoms. The molecule has 0 fully saturated rings. The van der Waals surface area contributed by atoms with Crippen molar-refractivity contribution in [2.45, 2.75) is 20.8 Å². The highest BCUT2D eigenvalue weighted by Crippen LogP contribution is 2.23. The van der Waals surface area contributed by atoms with Gasteiger partial charge in [0.15, 0.2) is 5.43 Å². The number of hydrogen-bond acceptors (Lipinski definition) is 5. The van der Waals surface area contributed by atoms with Gasteiger partial charge in [0.05, 0.1) is 5.39 Å². The van der Waals surface area contributed by atoms with Gasteiger partial charge in [-0.3, -0.25) is 14.9 Å². The maximum atomic E-state index is 12.5. The zero-order chi connectivity index (χ0) is 20.5. The number of aromatic nitrogens is 2. The van der Waals surface area contributed by atoms with E-state index in [1.165, 1.54) is 6.07 Å². The molecular weight excluding hydrogens is 366 g/mol. The first-order valence-corrected chi connectivity index (χ1v) is 9.18. The molecule has 4 aromatic rings. The summed E-state index contributed by atoms with van der Waals surface area (Å²) >= 11 is 0. The van der Waals surface area contributed by atoms with Gasteiger partial charge < -0.3 is 4.42 Å². The van der Waals surface area contributed by atoms with E-state index in [-0.39, 0.29) is 17.3 Å². The molecule has 144 valence electrons. The summed E-state index contributed by atoms with van der Waals surface area (Å²) in [6.07, 6.45) is 0. The summed E-state index contributed by atoms with van der Waals surface area (Å²) in [6.45, 7) is 5.62. The molecule has 2 heterocycles. The number of fused-ring (bicyclic) bond motifs is 1. The molecular formula is C23H19N3O3. The minimum atomic E-state index is -0.308. The Morgan fingerprint density at radius 1 is 0.897 bits per heavy atom. The summed E-state index contributed by atoms with van der Waals surface area (Å²) < 4.78 is 5.89. The predicted molar refractivity (Wildman–Crippen MR) is 112 cm³/mol. The molecule has 4 rings (SSSR count). The third kappa shape index (κ3) is 3.91. The number of amides is 1. The standard InChI is InChI=1S/C23H19N3O3/c1-13-4-9-20-18(10-13)19(27)12-21(29-20)16-5-7-17(8-6-16)22(28)26-23-24-14(2)11-15(3)25-23/h4-12H,1-3H3,(H,24,25,26,28). The first-order chi connectivity index (χ1) is 13.9. The van der Waals surface area contributed by atoms with Gasteiger partial charge in [0, 0.05) is 28.6 Å². The Kier molecular flexibility index (Phi) is 4.68. The van der Waals surface area contributed by atoms with Crippen molar-refractivity contribution >= 4 is 22.8 Å². The average Bonchev–Trinajstić information content (AvgIpc) is 2.67. The maximum absolute atomic E-state index is 12.5. The van der Waals surface area contributed by atoms with E-state index in [0.717, 1.165) is 17.0 Å². The van der Waals surface area contributed by atoms with E-state index in [2.05, 4.69) is 15.3 Å². The van der Waals surface area contributed by atoms with Gasteiger partial charge in [-0.15, -0.1) is 0 Å². The van der Waals surface area contributed by atoms with Gasteiger partial charge in [0.2, 0.25) is 5.95 Å². The van der Waals surface area contributed by atoms with Crippen LogP contribution in [0.1, 0.15) is 27.3 Å². The fourth-order valence-corrected chi connectivity index (χ4v) is 3.15. The van der Waals surface area contributed by atoms with Gasteiger partial charge in [-0.25, -0.2) is 9.97 Å². The van der Waals surface area contributed by atoms with E-state index < -0.39 is 0 Å². The van der Waals surface area contributed by atoms with Crippen molar-refractivity contribution < 1.29 is 9.21 Å². The van der Waals surface area contributed by atoms with Crippen LogP contribution < -0.4 is 10.7 Å². The van der Waals surface area contributed by atoms with Crippen LogP contribution in [-0.4, -0.2) is 15.9 Å². The number of carbonyl (C=O) groups excluding carboxylic acids is 1. The molecule has 1 N–H and O–H groups in total. The zero-order valence-corrected chi connectivity index (χ0v) is 16.3. The summed E-state index contributed by atoms with van der Waals surface area (Å²) in [5.74, 6) is 0.417. The van der Waals surface area contributed by atoms with Crippen molar-refractivity contribution in [2.24, 2.45) is 0 Å². The lowest BCUT2D eigenvalue weighted by Gasteiger charge is -2.07. The second-order valence-electron chi connectivity index (χ2n) is 6.98. The molecule has 2 aromatic carbocycles. The Hall–Kier alpha value is -3.80. The lowest BCUT2D eigenvalue weighted by molar-refractivity contribution is 0.102. The monoisotopic (exact) mass is 385 g/mol. The summed E-state index contributed by atoms with van der Waals surface area (Å²) in [6, 6.07) is 15.7. The SMILES string of the molecule is Cc1ccc2oc(-c3ccc(C(=O)Nc4nc(C)cc(C)n4)cc3)cc(=O)c2c1. The quantitative estimate of drug-likeness (QED) is 0.564. The summed E-state index contributed by atoms with van der Waals surface area (Å²) in [7, 11) is 0. The molecule has 1 amide bonds.